The first-order chi connectivity index (χ1) is 18.9. The molecule has 2 heterocycles. The summed E-state index contributed by atoms with van der Waals surface area (Å²) in [6.45, 7) is 14.1. The minimum Gasteiger partial charge on any atom is -0.512 e. The molecule has 2 aromatic heterocycles. The normalized spacial score (nSPS) is 11.4. The Morgan fingerprint density at radius 2 is 1.56 bits per heavy atom. The van der Waals surface area contributed by atoms with Crippen LogP contribution in [0.25, 0.3) is 43.0 Å². The van der Waals surface area contributed by atoms with Gasteiger partial charge in [-0.3, -0.25) is 9.78 Å². The van der Waals surface area contributed by atoms with E-state index in [1.807, 2.05) is 23.5 Å². The molecule has 0 saturated heterocycles. The van der Waals surface area contributed by atoms with Crippen LogP contribution in [0.5, 0.6) is 0 Å². The molecule has 0 aliphatic carbocycles. The predicted octanol–water partition coefficient (Wildman–Crippen LogP) is 10.0. The molecule has 0 unspecified atom stereocenters. The minimum atomic E-state index is -0.125. The Morgan fingerprint density at radius 3 is 2.12 bits per heavy atom. The number of carbonyl (C=O) groups excluding carboxylic acids is 1. The number of pyridine rings is 1. The maximum Gasteiger partial charge on any atom is 0.155 e. The van der Waals surface area contributed by atoms with Crippen LogP contribution >= 0.6 is 11.3 Å². The zero-order valence-corrected chi connectivity index (χ0v) is 27.8. The molecule has 5 aromatic rings. The van der Waals surface area contributed by atoms with Crippen molar-refractivity contribution in [2.45, 2.75) is 53.9 Å². The molecule has 3 aromatic carbocycles. The van der Waals surface area contributed by atoms with E-state index in [1.165, 1.54) is 62.9 Å². The minimum absolute atomic E-state index is 0. The van der Waals surface area contributed by atoms with Crippen LogP contribution in [-0.2, 0) is 30.3 Å². The molecular formula is C36H36IrNO2S-. The van der Waals surface area contributed by atoms with Crippen molar-refractivity contribution in [3.63, 3.8) is 0 Å². The van der Waals surface area contributed by atoms with Crippen LogP contribution in [0.3, 0.4) is 0 Å². The fourth-order valence-corrected chi connectivity index (χ4v) is 5.88. The molecule has 1 radical (unpaired) electrons. The smallest absolute Gasteiger partial charge is 0.155 e. The Labute approximate surface area is 261 Å². The van der Waals surface area contributed by atoms with Gasteiger partial charge < -0.3 is 5.11 Å². The Hall–Kier alpha value is -3.37. The van der Waals surface area contributed by atoms with Gasteiger partial charge in [-0.25, -0.2) is 0 Å². The molecule has 0 bridgehead atoms. The summed E-state index contributed by atoms with van der Waals surface area (Å²) in [5.74, 6) is -0.0625. The number of allylic oxidation sites excluding steroid dienone is 2. The first-order valence-electron chi connectivity index (χ1n) is 13.4. The maximum absolute atomic E-state index is 10.0. The molecule has 0 spiro atoms. The molecule has 0 aliphatic rings. The number of carbonyl (C=O) groups is 1. The van der Waals surface area contributed by atoms with Crippen LogP contribution in [-0.4, -0.2) is 15.9 Å². The number of aliphatic hydroxyl groups excluding tert-OH is 1. The maximum atomic E-state index is 10.0. The molecule has 0 fully saturated rings. The number of aliphatic hydroxyl groups is 1. The molecule has 0 amide bonds. The van der Waals surface area contributed by atoms with Gasteiger partial charge >= 0.3 is 0 Å². The number of nitrogens with zero attached hydrogens (tertiary/aromatic N) is 1. The van der Waals surface area contributed by atoms with Gasteiger partial charge in [0.25, 0.3) is 0 Å². The molecule has 3 nitrogen and oxygen atoms in total. The summed E-state index contributed by atoms with van der Waals surface area (Å²) >= 11 is 1.82. The van der Waals surface area contributed by atoms with E-state index in [4.69, 9.17) is 10.1 Å². The molecule has 41 heavy (non-hydrogen) atoms. The molecule has 5 heteroatoms. The third-order valence-corrected chi connectivity index (χ3v) is 7.72. The summed E-state index contributed by atoms with van der Waals surface area (Å²) in [5.41, 5.74) is 10.9. The van der Waals surface area contributed by atoms with E-state index in [-0.39, 0.29) is 37.1 Å². The van der Waals surface area contributed by atoms with Crippen LogP contribution in [0.1, 0.15) is 51.3 Å². The summed E-state index contributed by atoms with van der Waals surface area (Å²) < 4.78 is 1.21. The average molecular weight is 739 g/mol. The van der Waals surface area contributed by atoms with Crippen molar-refractivity contribution in [1.82, 2.24) is 4.98 Å². The summed E-state index contributed by atoms with van der Waals surface area (Å²) in [4.78, 5) is 16.3. The van der Waals surface area contributed by atoms with Crippen molar-refractivity contribution in [2.24, 2.45) is 0 Å². The van der Waals surface area contributed by atoms with Gasteiger partial charge in [-0.15, -0.1) is 46.7 Å². The van der Waals surface area contributed by atoms with Crippen LogP contribution < -0.4 is 0 Å². The summed E-state index contributed by atoms with van der Waals surface area (Å²) in [6.07, 6.45) is 1.17. The molecule has 213 valence electrons. The van der Waals surface area contributed by atoms with Gasteiger partial charge in [0, 0.05) is 31.1 Å². The van der Waals surface area contributed by atoms with Gasteiger partial charge in [-0.05, 0) is 78.8 Å². The number of fused-ring (bicyclic) bond motifs is 1. The van der Waals surface area contributed by atoms with Crippen molar-refractivity contribution in [2.75, 3.05) is 0 Å². The molecule has 0 aliphatic heterocycles. The molecule has 5 rings (SSSR count). The van der Waals surface area contributed by atoms with Crippen molar-refractivity contribution in [3.8, 4) is 32.8 Å². The number of aromatic nitrogens is 1. The summed E-state index contributed by atoms with van der Waals surface area (Å²) in [6, 6.07) is 31.4. The second kappa shape index (κ2) is 13.5. The monoisotopic (exact) mass is 739 g/mol. The fourth-order valence-electron chi connectivity index (χ4n) is 4.70. The van der Waals surface area contributed by atoms with Crippen LogP contribution in [0.15, 0.2) is 90.7 Å². The first-order valence-corrected chi connectivity index (χ1v) is 14.2. The van der Waals surface area contributed by atoms with E-state index in [1.54, 1.807) is 0 Å². The van der Waals surface area contributed by atoms with Gasteiger partial charge in [-0.2, -0.15) is 0 Å². The zero-order chi connectivity index (χ0) is 29.0. The van der Waals surface area contributed by atoms with Crippen molar-refractivity contribution < 1.29 is 30.0 Å². The third-order valence-electron chi connectivity index (χ3n) is 6.62. The number of benzene rings is 3. The topological polar surface area (TPSA) is 50.2 Å². The van der Waals surface area contributed by atoms with E-state index in [0.717, 1.165) is 16.8 Å². The standard InChI is InChI=1S/C31H28NS.C5H8O2.Ir/c1-20-16-25(31(3,4)5)17-21(2)30(20)29-19-27-28(33-29)15-14-26(32-27)24-13-9-12-23(18-24)22-10-7-6-8-11-22;1-4(6)3-5(2)7;/h6-12,14-19H,1-5H3;3,6H,1-2H3;/q-1;;/b;4-3-;. The van der Waals surface area contributed by atoms with E-state index in [0.29, 0.717) is 0 Å². The molecule has 1 N–H and O–H groups in total. The number of hydrogen-bond donors (Lipinski definition) is 1. The average Bonchev–Trinajstić information content (AvgIpc) is 3.30. The van der Waals surface area contributed by atoms with E-state index in [9.17, 15) is 4.79 Å². The molecule has 0 atom stereocenters. The van der Waals surface area contributed by atoms with Crippen molar-refractivity contribution in [1.29, 1.82) is 0 Å². The summed E-state index contributed by atoms with van der Waals surface area (Å²) in [7, 11) is 0. The number of aryl methyl sites for hydroxylation is 2. The molecular weight excluding hydrogens is 703 g/mol. The second-order valence-electron chi connectivity index (χ2n) is 11.2. The number of rotatable bonds is 4. The van der Waals surface area contributed by atoms with E-state index in [2.05, 4.69) is 107 Å². The summed E-state index contributed by atoms with van der Waals surface area (Å²) in [5, 5.41) is 8.36. The second-order valence-corrected chi connectivity index (χ2v) is 12.3. The Kier molecular flexibility index (Phi) is 10.6. The Morgan fingerprint density at radius 1 is 0.902 bits per heavy atom. The predicted molar refractivity (Wildman–Crippen MR) is 170 cm³/mol. The third kappa shape index (κ3) is 8.10. The molecule has 0 saturated carbocycles. The SMILES string of the molecule is CC(=O)/C=C(/C)O.Cc1cc(C(C)(C)C)cc(C)c1-c1cc2nc(-c3[c-]ccc(-c4ccccc4)c3)ccc2s1.[Ir]. The van der Waals surface area contributed by atoms with Crippen LogP contribution in [0, 0.1) is 19.9 Å². The number of ketones is 1. The van der Waals surface area contributed by atoms with Gasteiger partial charge in [0.1, 0.15) is 0 Å². The van der Waals surface area contributed by atoms with Crippen molar-refractivity contribution >= 4 is 27.3 Å². The van der Waals surface area contributed by atoms with Crippen LogP contribution in [0.2, 0.25) is 0 Å². The number of thiophene rings is 1. The van der Waals surface area contributed by atoms with Crippen molar-refractivity contribution in [3.05, 3.63) is 113 Å². The van der Waals surface area contributed by atoms with Gasteiger partial charge in [-0.1, -0.05) is 69.3 Å². The van der Waals surface area contributed by atoms with Gasteiger partial charge in [0.2, 0.25) is 0 Å². The van der Waals surface area contributed by atoms with E-state index < -0.39 is 0 Å². The van der Waals surface area contributed by atoms with Crippen LogP contribution in [0.4, 0.5) is 0 Å². The fraction of sp³-hybridized carbons (Fsp3) is 0.222. The number of hydrogen-bond acceptors (Lipinski definition) is 4. The largest absolute Gasteiger partial charge is 0.512 e. The van der Waals surface area contributed by atoms with Gasteiger partial charge in [0.05, 0.1) is 16.0 Å². The first kappa shape index (κ1) is 32.1. The van der Waals surface area contributed by atoms with E-state index >= 15 is 0 Å². The van der Waals surface area contributed by atoms with Gasteiger partial charge in [0.15, 0.2) is 5.78 Å². The quantitative estimate of drug-likeness (QED) is 0.114. The Bertz CT molecular complexity index is 1670. The zero-order valence-electron chi connectivity index (χ0n) is 24.6. The Balaban J connectivity index is 0.000000516.